The second kappa shape index (κ2) is 8.61. The highest BCUT2D eigenvalue weighted by Crippen LogP contribution is 2.36. The highest BCUT2D eigenvalue weighted by atomic mass is 16.3. The topological polar surface area (TPSA) is 93.7 Å². The third-order valence-corrected chi connectivity index (χ3v) is 6.66. The fraction of sp³-hybridized carbons (Fsp3) is 0.407. The van der Waals surface area contributed by atoms with E-state index in [0.29, 0.717) is 17.6 Å². The van der Waals surface area contributed by atoms with Gasteiger partial charge in [0.1, 0.15) is 18.0 Å². The number of aryl methyl sites for hydroxylation is 2. The molecule has 35 heavy (non-hydrogen) atoms. The van der Waals surface area contributed by atoms with Crippen molar-refractivity contribution in [2.75, 3.05) is 5.32 Å². The van der Waals surface area contributed by atoms with Gasteiger partial charge in [0.15, 0.2) is 5.82 Å². The maximum Gasteiger partial charge on any atom is 0.159 e. The fourth-order valence-electron chi connectivity index (χ4n) is 4.78. The third-order valence-electron chi connectivity index (χ3n) is 6.66. The molecule has 3 aromatic heterocycles. The van der Waals surface area contributed by atoms with Gasteiger partial charge in [-0.3, -0.25) is 0 Å². The Morgan fingerprint density at radius 1 is 1.03 bits per heavy atom. The lowest BCUT2D eigenvalue weighted by Gasteiger charge is -2.18. The molecule has 0 unspecified atom stereocenters. The van der Waals surface area contributed by atoms with Crippen LogP contribution in [0.5, 0.6) is 0 Å². The minimum atomic E-state index is -0.987. The number of anilines is 2. The lowest BCUT2D eigenvalue weighted by atomic mass is 9.96. The van der Waals surface area contributed by atoms with Gasteiger partial charge in [-0.1, -0.05) is 29.8 Å². The van der Waals surface area contributed by atoms with Crippen molar-refractivity contribution in [3.63, 3.8) is 0 Å². The van der Waals surface area contributed by atoms with Crippen LogP contribution in [-0.4, -0.2) is 34.6 Å². The third kappa shape index (κ3) is 4.58. The largest absolute Gasteiger partial charge is 0.386 e. The van der Waals surface area contributed by atoms with Crippen LogP contribution in [0.4, 0.5) is 11.6 Å². The predicted molar refractivity (Wildman–Crippen MR) is 137 cm³/mol. The zero-order valence-electron chi connectivity index (χ0n) is 21.3. The Bertz CT molecular complexity index is 1370. The molecule has 0 saturated heterocycles. The zero-order valence-corrected chi connectivity index (χ0v) is 21.3. The number of hydrogen-bond acceptors (Lipinski definition) is 6. The summed E-state index contributed by atoms with van der Waals surface area (Å²) < 4.78 is 3.85. The summed E-state index contributed by atoms with van der Waals surface area (Å²) in [6.07, 6.45) is 4.03. The van der Waals surface area contributed by atoms with Crippen molar-refractivity contribution in [1.82, 2.24) is 29.5 Å². The Morgan fingerprint density at radius 3 is 2.37 bits per heavy atom. The summed E-state index contributed by atoms with van der Waals surface area (Å²) in [6, 6.07) is 10.4. The number of hydrogen-bond donors (Lipinski definition) is 2. The normalized spacial score (nSPS) is 13.9. The van der Waals surface area contributed by atoms with Gasteiger partial charge in [0, 0.05) is 35.0 Å². The van der Waals surface area contributed by atoms with Crippen LogP contribution >= 0.6 is 0 Å². The molecule has 1 aromatic carbocycles. The van der Waals surface area contributed by atoms with E-state index < -0.39 is 5.60 Å². The highest BCUT2D eigenvalue weighted by molar-refractivity contribution is 5.71. The molecule has 0 amide bonds. The summed E-state index contributed by atoms with van der Waals surface area (Å²) in [5, 5.41) is 23.8. The molecule has 0 spiro atoms. The van der Waals surface area contributed by atoms with Crippen LogP contribution in [0.3, 0.4) is 0 Å². The first-order valence-electron chi connectivity index (χ1n) is 12.1. The molecule has 8 heteroatoms. The average molecular weight is 472 g/mol. The molecule has 1 fully saturated rings. The molecule has 0 atom stereocenters. The van der Waals surface area contributed by atoms with E-state index in [9.17, 15) is 5.11 Å². The van der Waals surface area contributed by atoms with Crippen LogP contribution in [0.1, 0.15) is 54.8 Å². The summed E-state index contributed by atoms with van der Waals surface area (Å²) in [5.74, 6) is 2.94. The minimum Gasteiger partial charge on any atom is -0.386 e. The smallest absolute Gasteiger partial charge is 0.159 e. The highest BCUT2D eigenvalue weighted by Gasteiger charge is 2.27. The van der Waals surface area contributed by atoms with E-state index >= 15 is 0 Å². The van der Waals surface area contributed by atoms with Gasteiger partial charge in [0.05, 0.1) is 17.0 Å². The molecule has 5 rings (SSSR count). The maximum atomic E-state index is 10.6. The minimum absolute atomic E-state index is 0.642. The fourth-order valence-corrected chi connectivity index (χ4v) is 4.78. The van der Waals surface area contributed by atoms with Gasteiger partial charge in [0.2, 0.25) is 0 Å². The lowest BCUT2D eigenvalue weighted by molar-refractivity contribution is 0.0772. The van der Waals surface area contributed by atoms with Crippen molar-refractivity contribution in [3.05, 3.63) is 64.7 Å². The van der Waals surface area contributed by atoms with E-state index in [1.54, 1.807) is 18.5 Å². The molecule has 0 bridgehead atoms. The summed E-state index contributed by atoms with van der Waals surface area (Å²) in [5.41, 5.74) is 5.87. The SMILES string of the molecule is Cc1ccc(-c2nn(CC3CC3)c(Nc3cc(-n4nc(C)c(C(C)(C)O)c4C)ncn3)c2C)cc1. The van der Waals surface area contributed by atoms with Crippen molar-refractivity contribution in [2.45, 2.75) is 66.5 Å². The van der Waals surface area contributed by atoms with Crippen LogP contribution in [0, 0.1) is 33.6 Å². The van der Waals surface area contributed by atoms with Gasteiger partial charge in [-0.25, -0.2) is 19.3 Å². The molecule has 182 valence electrons. The molecule has 1 saturated carbocycles. The van der Waals surface area contributed by atoms with Crippen molar-refractivity contribution in [2.24, 2.45) is 5.92 Å². The Labute approximate surface area is 206 Å². The average Bonchev–Trinajstić information content (AvgIpc) is 3.49. The molecule has 3 heterocycles. The molecule has 1 aliphatic carbocycles. The van der Waals surface area contributed by atoms with Crippen LogP contribution < -0.4 is 5.32 Å². The van der Waals surface area contributed by atoms with Crippen LogP contribution in [0.25, 0.3) is 17.1 Å². The van der Waals surface area contributed by atoms with Gasteiger partial charge < -0.3 is 10.4 Å². The van der Waals surface area contributed by atoms with Gasteiger partial charge in [0.25, 0.3) is 0 Å². The van der Waals surface area contributed by atoms with E-state index in [1.807, 2.05) is 19.9 Å². The molecule has 8 nitrogen and oxygen atoms in total. The summed E-state index contributed by atoms with van der Waals surface area (Å²) in [4.78, 5) is 8.94. The first-order chi connectivity index (χ1) is 16.6. The Kier molecular flexibility index (Phi) is 5.71. The van der Waals surface area contributed by atoms with E-state index in [1.165, 1.54) is 24.7 Å². The molecular weight excluding hydrogens is 438 g/mol. The number of rotatable bonds is 7. The van der Waals surface area contributed by atoms with E-state index in [4.69, 9.17) is 5.10 Å². The first-order valence-corrected chi connectivity index (χ1v) is 12.1. The van der Waals surface area contributed by atoms with E-state index in [-0.39, 0.29) is 0 Å². The van der Waals surface area contributed by atoms with Crippen LogP contribution in [0.15, 0.2) is 36.7 Å². The number of nitrogens with zero attached hydrogens (tertiary/aromatic N) is 6. The first kappa shape index (κ1) is 23.2. The molecule has 2 N–H and O–H groups in total. The number of aliphatic hydroxyl groups is 1. The van der Waals surface area contributed by atoms with E-state index in [2.05, 4.69) is 63.2 Å². The van der Waals surface area contributed by atoms with Crippen LogP contribution in [0.2, 0.25) is 0 Å². The van der Waals surface area contributed by atoms with E-state index in [0.717, 1.165) is 46.1 Å². The standard InChI is InChI=1S/C27H33N7O/c1-16-7-11-21(12-8-16)25-17(2)26(33(32-25)14-20-9-10-20)30-22-13-23(29-15-28-22)34-19(4)24(18(3)31-34)27(5,6)35/h7-8,11-13,15,20,35H,9-10,14H2,1-6H3,(H,28,29,30). The monoisotopic (exact) mass is 471 g/mol. The molecule has 0 radical (unpaired) electrons. The zero-order chi connectivity index (χ0) is 24.9. The molecule has 0 aliphatic heterocycles. The molecule has 4 aromatic rings. The second-order valence-electron chi connectivity index (χ2n) is 10.2. The van der Waals surface area contributed by atoms with Crippen molar-refractivity contribution in [1.29, 1.82) is 0 Å². The maximum absolute atomic E-state index is 10.6. The number of aromatic nitrogens is 6. The van der Waals surface area contributed by atoms with Gasteiger partial charge in [-0.15, -0.1) is 0 Å². The summed E-state index contributed by atoms with van der Waals surface area (Å²) in [7, 11) is 0. The number of nitrogens with one attached hydrogen (secondary N) is 1. The molecular formula is C27H33N7O. The van der Waals surface area contributed by atoms with Crippen molar-refractivity contribution >= 4 is 11.6 Å². The van der Waals surface area contributed by atoms with Gasteiger partial charge >= 0.3 is 0 Å². The Morgan fingerprint density at radius 2 is 1.74 bits per heavy atom. The summed E-state index contributed by atoms with van der Waals surface area (Å²) >= 11 is 0. The molecule has 1 aliphatic rings. The van der Waals surface area contributed by atoms with Crippen molar-refractivity contribution in [3.8, 4) is 17.1 Å². The Balaban J connectivity index is 1.51. The second-order valence-corrected chi connectivity index (χ2v) is 10.2. The predicted octanol–water partition coefficient (Wildman–Crippen LogP) is 5.14. The quantitative estimate of drug-likeness (QED) is 0.388. The van der Waals surface area contributed by atoms with Gasteiger partial charge in [-0.05, 0) is 60.3 Å². The number of benzene rings is 1. The summed E-state index contributed by atoms with van der Waals surface area (Å²) in [6.45, 7) is 12.5. The van der Waals surface area contributed by atoms with Crippen LogP contribution in [-0.2, 0) is 12.1 Å². The van der Waals surface area contributed by atoms with Gasteiger partial charge in [-0.2, -0.15) is 10.2 Å². The Hall–Kier alpha value is -3.52. The van der Waals surface area contributed by atoms with Crippen molar-refractivity contribution < 1.29 is 5.11 Å². The lowest BCUT2D eigenvalue weighted by Crippen LogP contribution is -2.18.